The lowest BCUT2D eigenvalue weighted by Gasteiger charge is -2.21. The van der Waals surface area contributed by atoms with E-state index in [-0.39, 0.29) is 0 Å². The number of rotatable bonds is 4. The van der Waals surface area contributed by atoms with E-state index in [1.54, 1.807) is 0 Å². The number of thioether (sulfide) groups is 1. The molecule has 0 spiro atoms. The Kier molecular flexibility index (Phi) is 6.33. The van der Waals surface area contributed by atoms with Crippen LogP contribution < -0.4 is 0 Å². The molecule has 0 aliphatic heterocycles. The standard InChI is InChI=1S/C12H23NS/c1-3-13-12(14-2)10-9-11-7-5-4-6-8-11/h11H,3-10H2,1-2H3. The van der Waals surface area contributed by atoms with Crippen molar-refractivity contribution in [3.8, 4) is 0 Å². The van der Waals surface area contributed by atoms with Gasteiger partial charge in [-0.2, -0.15) is 0 Å². The van der Waals surface area contributed by atoms with Gasteiger partial charge in [0.15, 0.2) is 0 Å². The summed E-state index contributed by atoms with van der Waals surface area (Å²) in [5, 5.41) is 1.36. The van der Waals surface area contributed by atoms with E-state index in [1.165, 1.54) is 50.0 Å². The van der Waals surface area contributed by atoms with E-state index in [1.807, 2.05) is 11.8 Å². The molecule has 0 radical (unpaired) electrons. The van der Waals surface area contributed by atoms with E-state index < -0.39 is 0 Å². The monoisotopic (exact) mass is 213 g/mol. The van der Waals surface area contributed by atoms with Crippen molar-refractivity contribution >= 4 is 16.8 Å². The summed E-state index contributed by atoms with van der Waals surface area (Å²) in [5.41, 5.74) is 0. The van der Waals surface area contributed by atoms with Gasteiger partial charge in [0.25, 0.3) is 0 Å². The Morgan fingerprint density at radius 2 is 2.00 bits per heavy atom. The van der Waals surface area contributed by atoms with Gasteiger partial charge in [-0.3, -0.25) is 4.99 Å². The highest BCUT2D eigenvalue weighted by molar-refractivity contribution is 8.13. The van der Waals surface area contributed by atoms with E-state index in [9.17, 15) is 0 Å². The Morgan fingerprint density at radius 3 is 2.57 bits per heavy atom. The van der Waals surface area contributed by atoms with Crippen LogP contribution in [0, 0.1) is 5.92 Å². The van der Waals surface area contributed by atoms with Crippen molar-refractivity contribution in [2.75, 3.05) is 12.8 Å². The van der Waals surface area contributed by atoms with Crippen molar-refractivity contribution in [1.82, 2.24) is 0 Å². The van der Waals surface area contributed by atoms with E-state index in [0.717, 1.165) is 12.5 Å². The summed E-state index contributed by atoms with van der Waals surface area (Å²) >= 11 is 1.83. The van der Waals surface area contributed by atoms with Crippen LogP contribution in [-0.2, 0) is 0 Å². The van der Waals surface area contributed by atoms with E-state index in [4.69, 9.17) is 0 Å². The van der Waals surface area contributed by atoms with Crippen LogP contribution in [0.25, 0.3) is 0 Å². The molecule has 1 aliphatic carbocycles. The molecule has 0 amide bonds. The number of hydrogen-bond acceptors (Lipinski definition) is 2. The lowest BCUT2D eigenvalue weighted by molar-refractivity contribution is 0.344. The van der Waals surface area contributed by atoms with Crippen LogP contribution in [0.15, 0.2) is 4.99 Å². The summed E-state index contributed by atoms with van der Waals surface area (Å²) in [7, 11) is 0. The molecule has 2 heteroatoms. The van der Waals surface area contributed by atoms with E-state index in [0.29, 0.717) is 0 Å². The van der Waals surface area contributed by atoms with Gasteiger partial charge in [0, 0.05) is 6.54 Å². The molecule has 0 N–H and O–H groups in total. The number of hydrogen-bond donors (Lipinski definition) is 0. The third-order valence-corrected chi connectivity index (χ3v) is 3.87. The summed E-state index contributed by atoms with van der Waals surface area (Å²) in [6.07, 6.45) is 12.1. The molecule has 0 bridgehead atoms. The summed E-state index contributed by atoms with van der Waals surface area (Å²) in [6.45, 7) is 3.07. The Labute approximate surface area is 92.8 Å². The Morgan fingerprint density at radius 1 is 1.29 bits per heavy atom. The van der Waals surface area contributed by atoms with Gasteiger partial charge in [-0.1, -0.05) is 32.1 Å². The van der Waals surface area contributed by atoms with Crippen molar-refractivity contribution in [2.24, 2.45) is 10.9 Å². The number of nitrogens with zero attached hydrogens (tertiary/aromatic N) is 1. The lowest BCUT2D eigenvalue weighted by Crippen LogP contribution is -2.07. The SMILES string of the molecule is CCN=C(CCC1CCCCC1)SC. The molecule has 0 heterocycles. The van der Waals surface area contributed by atoms with Crippen molar-refractivity contribution < 1.29 is 0 Å². The van der Waals surface area contributed by atoms with Gasteiger partial charge in [0.1, 0.15) is 0 Å². The van der Waals surface area contributed by atoms with Gasteiger partial charge >= 0.3 is 0 Å². The second kappa shape index (κ2) is 7.33. The second-order valence-corrected chi connectivity index (χ2v) is 4.99. The van der Waals surface area contributed by atoms with Crippen LogP contribution in [-0.4, -0.2) is 17.8 Å². The molecule has 14 heavy (non-hydrogen) atoms. The van der Waals surface area contributed by atoms with Gasteiger partial charge in [0.05, 0.1) is 5.04 Å². The quantitative estimate of drug-likeness (QED) is 0.505. The maximum absolute atomic E-state index is 4.51. The van der Waals surface area contributed by atoms with Crippen LogP contribution in [0.3, 0.4) is 0 Å². The first-order valence-electron chi connectivity index (χ1n) is 5.94. The molecule has 0 saturated heterocycles. The predicted octanol–water partition coefficient (Wildman–Crippen LogP) is 4.13. The van der Waals surface area contributed by atoms with E-state index >= 15 is 0 Å². The highest BCUT2D eigenvalue weighted by Crippen LogP contribution is 2.28. The molecular formula is C12H23NS. The van der Waals surface area contributed by atoms with Gasteiger partial charge in [0.2, 0.25) is 0 Å². The third kappa shape index (κ3) is 4.50. The first kappa shape index (κ1) is 12.1. The van der Waals surface area contributed by atoms with Gasteiger partial charge in [-0.05, 0) is 31.9 Å². The summed E-state index contributed by atoms with van der Waals surface area (Å²) < 4.78 is 0. The maximum Gasteiger partial charge on any atom is 0.0673 e. The fourth-order valence-corrected chi connectivity index (χ4v) is 2.81. The summed E-state index contributed by atoms with van der Waals surface area (Å²) in [6, 6.07) is 0. The van der Waals surface area contributed by atoms with Crippen molar-refractivity contribution in [1.29, 1.82) is 0 Å². The highest BCUT2D eigenvalue weighted by Gasteiger charge is 2.13. The molecule has 0 aromatic carbocycles. The molecule has 0 aromatic heterocycles. The predicted molar refractivity (Wildman–Crippen MR) is 67.3 cm³/mol. The Balaban J connectivity index is 2.20. The molecular weight excluding hydrogens is 190 g/mol. The molecule has 1 fully saturated rings. The minimum absolute atomic E-state index is 0.945. The largest absolute Gasteiger partial charge is 0.283 e. The van der Waals surface area contributed by atoms with Crippen LogP contribution >= 0.6 is 11.8 Å². The van der Waals surface area contributed by atoms with Gasteiger partial charge < -0.3 is 0 Å². The minimum atomic E-state index is 0.945. The normalized spacial score (nSPS) is 20.0. The molecule has 1 aliphatic rings. The smallest absolute Gasteiger partial charge is 0.0673 e. The van der Waals surface area contributed by atoms with Crippen molar-refractivity contribution in [3.05, 3.63) is 0 Å². The first-order valence-corrected chi connectivity index (χ1v) is 7.16. The maximum atomic E-state index is 4.51. The van der Waals surface area contributed by atoms with E-state index in [2.05, 4.69) is 18.2 Å². The summed E-state index contributed by atoms with van der Waals surface area (Å²) in [4.78, 5) is 4.51. The fraction of sp³-hybridized carbons (Fsp3) is 0.917. The minimum Gasteiger partial charge on any atom is -0.283 e. The second-order valence-electron chi connectivity index (χ2n) is 4.11. The third-order valence-electron chi connectivity index (χ3n) is 3.06. The molecule has 0 atom stereocenters. The zero-order valence-corrected chi connectivity index (χ0v) is 10.4. The van der Waals surface area contributed by atoms with Crippen LogP contribution in [0.1, 0.15) is 51.9 Å². The molecule has 1 saturated carbocycles. The highest BCUT2D eigenvalue weighted by atomic mass is 32.2. The molecule has 1 nitrogen and oxygen atoms in total. The topological polar surface area (TPSA) is 12.4 Å². The molecule has 1 rings (SSSR count). The Bertz CT molecular complexity index is 171. The average molecular weight is 213 g/mol. The zero-order chi connectivity index (χ0) is 10.2. The Hall–Kier alpha value is 0.0200. The lowest BCUT2D eigenvalue weighted by atomic mass is 9.86. The summed E-state index contributed by atoms with van der Waals surface area (Å²) in [5.74, 6) is 0.998. The first-order chi connectivity index (χ1) is 6.86. The van der Waals surface area contributed by atoms with Crippen molar-refractivity contribution in [3.63, 3.8) is 0 Å². The van der Waals surface area contributed by atoms with Gasteiger partial charge in [-0.25, -0.2) is 0 Å². The molecule has 82 valence electrons. The van der Waals surface area contributed by atoms with Crippen molar-refractivity contribution in [2.45, 2.75) is 51.9 Å². The average Bonchev–Trinajstić information content (AvgIpc) is 2.25. The van der Waals surface area contributed by atoms with Crippen LogP contribution in [0.5, 0.6) is 0 Å². The van der Waals surface area contributed by atoms with Crippen LogP contribution in [0.2, 0.25) is 0 Å². The zero-order valence-electron chi connectivity index (χ0n) is 9.59. The van der Waals surface area contributed by atoms with Gasteiger partial charge in [-0.15, -0.1) is 11.8 Å². The van der Waals surface area contributed by atoms with Crippen LogP contribution in [0.4, 0.5) is 0 Å². The number of aliphatic imine (C=N–C) groups is 1. The molecule has 0 unspecified atom stereocenters. The fourth-order valence-electron chi connectivity index (χ4n) is 2.23. The molecule has 0 aromatic rings.